The van der Waals surface area contributed by atoms with Gasteiger partial charge in [0.1, 0.15) is 0 Å². The fourth-order valence-electron chi connectivity index (χ4n) is 8.42. The van der Waals surface area contributed by atoms with Crippen molar-refractivity contribution in [2.45, 2.75) is 19.3 Å². The quantitative estimate of drug-likeness (QED) is 0.184. The Morgan fingerprint density at radius 1 is 0.434 bits per heavy atom. The van der Waals surface area contributed by atoms with Crippen LogP contribution in [-0.4, -0.2) is 19.5 Å². The Hall–Kier alpha value is -6.43. The normalized spacial score (nSPS) is 13.2. The molecule has 0 saturated carbocycles. The maximum atomic E-state index is 4.99. The van der Waals surface area contributed by atoms with Crippen molar-refractivity contribution < 1.29 is 0 Å². The minimum atomic E-state index is -0.0745. The zero-order valence-corrected chi connectivity index (χ0v) is 30.0. The van der Waals surface area contributed by atoms with Gasteiger partial charge in [-0.15, -0.1) is 11.3 Å². The molecule has 10 aromatic rings. The number of nitrogens with zero attached hydrogens (tertiary/aromatic N) is 4. The van der Waals surface area contributed by atoms with Crippen LogP contribution in [0, 0.1) is 0 Å². The van der Waals surface area contributed by atoms with Gasteiger partial charge in [0, 0.05) is 58.7 Å². The summed E-state index contributed by atoms with van der Waals surface area (Å²) in [4.78, 5) is 14.9. The first-order chi connectivity index (χ1) is 26.0. The number of para-hydroxylation sites is 1. The molecule has 0 spiro atoms. The molecular formula is C48H32N4S. The maximum absolute atomic E-state index is 4.99. The van der Waals surface area contributed by atoms with E-state index in [1.165, 1.54) is 69.9 Å². The van der Waals surface area contributed by atoms with E-state index in [0.29, 0.717) is 17.5 Å². The summed E-state index contributed by atoms with van der Waals surface area (Å²) in [5.74, 6) is 2.00. The summed E-state index contributed by atoms with van der Waals surface area (Å²) in [6, 6.07) is 56.5. The first-order valence-corrected chi connectivity index (χ1v) is 18.8. The van der Waals surface area contributed by atoms with Crippen molar-refractivity contribution >= 4 is 53.3 Å². The van der Waals surface area contributed by atoms with Crippen LogP contribution in [-0.2, 0) is 5.41 Å². The van der Waals surface area contributed by atoms with E-state index in [1.54, 1.807) is 0 Å². The summed E-state index contributed by atoms with van der Waals surface area (Å²) in [6.07, 6.45) is 0. The highest BCUT2D eigenvalue weighted by atomic mass is 32.1. The fraction of sp³-hybridized carbons (Fsp3) is 0.0625. The van der Waals surface area contributed by atoms with Gasteiger partial charge in [0.05, 0.1) is 11.0 Å². The number of thiophene rings is 1. The Morgan fingerprint density at radius 3 is 1.85 bits per heavy atom. The van der Waals surface area contributed by atoms with Gasteiger partial charge in [0.15, 0.2) is 17.5 Å². The third-order valence-electron chi connectivity index (χ3n) is 11.0. The molecule has 1 aliphatic carbocycles. The number of benzene rings is 7. The average Bonchev–Trinajstić information content (AvgIpc) is 3.82. The predicted octanol–water partition coefficient (Wildman–Crippen LogP) is 12.6. The minimum Gasteiger partial charge on any atom is -0.309 e. The highest BCUT2D eigenvalue weighted by Gasteiger charge is 2.36. The third kappa shape index (κ3) is 4.57. The van der Waals surface area contributed by atoms with Gasteiger partial charge in [-0.1, -0.05) is 129 Å². The van der Waals surface area contributed by atoms with Crippen molar-refractivity contribution in [2.75, 3.05) is 0 Å². The summed E-state index contributed by atoms with van der Waals surface area (Å²) in [5, 5.41) is 5.04. The lowest BCUT2D eigenvalue weighted by atomic mass is 9.82. The summed E-state index contributed by atoms with van der Waals surface area (Å²) in [7, 11) is 0. The number of hydrogen-bond donors (Lipinski definition) is 0. The van der Waals surface area contributed by atoms with Gasteiger partial charge >= 0.3 is 0 Å². The molecule has 7 aromatic carbocycles. The first-order valence-electron chi connectivity index (χ1n) is 18.0. The standard InChI is InChI=1S/C48H32N4S/c1-48(2)39-19-11-9-17-33(39)36-27-37-34-18-10-12-20-41(34)52(42(37)28-40(36)48)32-22-24-43-38(26-32)35-23-21-31(25-44(35)53-43)47-50-45(29-13-5-3-6-14-29)49-46(51-47)30-15-7-4-8-16-30/h3-28H,1-2H3. The van der Waals surface area contributed by atoms with Crippen molar-refractivity contribution in [1.29, 1.82) is 0 Å². The van der Waals surface area contributed by atoms with Gasteiger partial charge in [0.25, 0.3) is 0 Å². The van der Waals surface area contributed by atoms with E-state index in [-0.39, 0.29) is 5.41 Å². The fourth-order valence-corrected chi connectivity index (χ4v) is 9.55. The number of rotatable bonds is 4. The van der Waals surface area contributed by atoms with Crippen molar-refractivity contribution in [1.82, 2.24) is 19.5 Å². The van der Waals surface area contributed by atoms with Gasteiger partial charge in [0.2, 0.25) is 0 Å². The van der Waals surface area contributed by atoms with Crippen LogP contribution in [0.25, 0.3) is 93.0 Å². The summed E-state index contributed by atoms with van der Waals surface area (Å²) >= 11 is 1.81. The van der Waals surface area contributed by atoms with Gasteiger partial charge in [-0.25, -0.2) is 15.0 Å². The van der Waals surface area contributed by atoms with Crippen LogP contribution in [0.1, 0.15) is 25.0 Å². The number of fused-ring (bicyclic) bond motifs is 9. The number of aromatic nitrogens is 4. The van der Waals surface area contributed by atoms with Crippen LogP contribution in [0.5, 0.6) is 0 Å². The van der Waals surface area contributed by atoms with Crippen LogP contribution in [0.3, 0.4) is 0 Å². The molecule has 4 nitrogen and oxygen atoms in total. The highest BCUT2D eigenvalue weighted by molar-refractivity contribution is 7.25. The molecular weight excluding hydrogens is 665 g/mol. The minimum absolute atomic E-state index is 0.0745. The second-order valence-electron chi connectivity index (χ2n) is 14.5. The molecule has 1 aliphatic rings. The van der Waals surface area contributed by atoms with E-state index < -0.39 is 0 Å². The molecule has 0 radical (unpaired) electrons. The predicted molar refractivity (Wildman–Crippen MR) is 221 cm³/mol. The molecule has 0 bridgehead atoms. The van der Waals surface area contributed by atoms with Gasteiger partial charge < -0.3 is 4.57 Å². The zero-order chi connectivity index (χ0) is 35.3. The molecule has 0 fully saturated rings. The van der Waals surface area contributed by atoms with Gasteiger partial charge in [-0.05, 0) is 64.7 Å². The average molecular weight is 697 g/mol. The molecule has 5 heteroatoms. The monoisotopic (exact) mass is 696 g/mol. The van der Waals surface area contributed by atoms with E-state index in [1.807, 2.05) is 72.0 Å². The van der Waals surface area contributed by atoms with Crippen LogP contribution >= 0.6 is 11.3 Å². The summed E-state index contributed by atoms with van der Waals surface area (Å²) < 4.78 is 4.92. The Morgan fingerprint density at radius 2 is 1.09 bits per heavy atom. The van der Waals surface area contributed by atoms with E-state index >= 15 is 0 Å². The maximum Gasteiger partial charge on any atom is 0.164 e. The lowest BCUT2D eigenvalue weighted by molar-refractivity contribution is 0.661. The molecule has 53 heavy (non-hydrogen) atoms. The first kappa shape index (κ1) is 30.2. The van der Waals surface area contributed by atoms with E-state index in [0.717, 1.165) is 16.7 Å². The van der Waals surface area contributed by atoms with Crippen molar-refractivity contribution in [3.63, 3.8) is 0 Å². The van der Waals surface area contributed by atoms with Crippen molar-refractivity contribution in [2.24, 2.45) is 0 Å². The van der Waals surface area contributed by atoms with Crippen LogP contribution in [0.2, 0.25) is 0 Å². The molecule has 250 valence electrons. The van der Waals surface area contributed by atoms with Crippen LogP contribution < -0.4 is 0 Å². The topological polar surface area (TPSA) is 43.6 Å². The smallest absolute Gasteiger partial charge is 0.164 e. The largest absolute Gasteiger partial charge is 0.309 e. The molecule has 11 rings (SSSR count). The Kier molecular flexibility index (Phi) is 6.43. The Bertz CT molecular complexity index is 3020. The lowest BCUT2D eigenvalue weighted by Crippen LogP contribution is -2.14. The van der Waals surface area contributed by atoms with Gasteiger partial charge in [-0.2, -0.15) is 0 Å². The molecule has 3 aromatic heterocycles. The summed E-state index contributed by atoms with van der Waals surface area (Å²) in [6.45, 7) is 4.71. The van der Waals surface area contributed by atoms with E-state index in [9.17, 15) is 0 Å². The summed E-state index contributed by atoms with van der Waals surface area (Å²) in [5.41, 5.74) is 11.9. The van der Waals surface area contributed by atoms with Crippen LogP contribution in [0.4, 0.5) is 0 Å². The van der Waals surface area contributed by atoms with Crippen LogP contribution in [0.15, 0.2) is 158 Å². The molecule has 0 atom stereocenters. The zero-order valence-electron chi connectivity index (χ0n) is 29.2. The van der Waals surface area contributed by atoms with E-state index in [4.69, 9.17) is 15.0 Å². The Labute approximate surface area is 310 Å². The second-order valence-corrected chi connectivity index (χ2v) is 15.6. The van der Waals surface area contributed by atoms with Gasteiger partial charge in [-0.3, -0.25) is 0 Å². The second kappa shape index (κ2) is 11.3. The SMILES string of the molecule is CC1(C)c2ccccc2-c2cc3c4ccccc4n(-c4ccc5sc6cc(-c7nc(-c8ccccc8)nc(-c8ccccc8)n7)ccc6c5c4)c3cc21. The molecule has 3 heterocycles. The molecule has 0 aliphatic heterocycles. The Balaban J connectivity index is 1.07. The molecule has 0 unspecified atom stereocenters. The lowest BCUT2D eigenvalue weighted by Gasteiger charge is -2.21. The highest BCUT2D eigenvalue weighted by Crippen LogP contribution is 2.51. The van der Waals surface area contributed by atoms with Crippen molar-refractivity contribution in [3.8, 4) is 51.0 Å². The van der Waals surface area contributed by atoms with E-state index in [2.05, 4.69) is 115 Å². The molecule has 0 N–H and O–H groups in total. The number of hydrogen-bond acceptors (Lipinski definition) is 4. The van der Waals surface area contributed by atoms with Crippen molar-refractivity contribution in [3.05, 3.63) is 169 Å². The molecule has 0 saturated heterocycles. The third-order valence-corrected chi connectivity index (χ3v) is 12.2. The molecule has 0 amide bonds.